The molecule has 1 saturated carbocycles. The maximum atomic E-state index is 13.3. The first kappa shape index (κ1) is 22.1. The molecule has 0 spiro atoms. The van der Waals surface area contributed by atoms with Crippen LogP contribution in [0.5, 0.6) is 0 Å². The van der Waals surface area contributed by atoms with Gasteiger partial charge in [0.25, 0.3) is 0 Å². The van der Waals surface area contributed by atoms with Crippen LogP contribution in [0.1, 0.15) is 61.3 Å². The molecule has 4 nitrogen and oxygen atoms in total. The summed E-state index contributed by atoms with van der Waals surface area (Å²) in [4.78, 5) is 28.0. The third-order valence-corrected chi connectivity index (χ3v) is 6.07. The van der Waals surface area contributed by atoms with Crippen LogP contribution in [0.2, 0.25) is 0 Å². The number of carbonyl (C=O) groups is 2. The van der Waals surface area contributed by atoms with E-state index in [1.165, 1.54) is 30.4 Å². The lowest BCUT2D eigenvalue weighted by Gasteiger charge is -2.31. The van der Waals surface area contributed by atoms with Crippen molar-refractivity contribution in [2.45, 2.75) is 77.9 Å². The quantitative estimate of drug-likeness (QED) is 0.724. The maximum Gasteiger partial charge on any atom is 0.242 e. The SMILES string of the molecule is Cc1ccc(CC(=O)N(Cc2ccc(C)cc2)[C@H](C)C(=O)NC2CCCCC2)cc1. The lowest BCUT2D eigenvalue weighted by Crippen LogP contribution is -2.50. The summed E-state index contributed by atoms with van der Waals surface area (Å²) in [5, 5.41) is 3.19. The Morgan fingerprint density at radius 2 is 1.43 bits per heavy atom. The molecule has 2 amide bonds. The number of nitrogens with zero attached hydrogens (tertiary/aromatic N) is 1. The van der Waals surface area contributed by atoms with Crippen molar-refractivity contribution in [3.8, 4) is 0 Å². The highest BCUT2D eigenvalue weighted by atomic mass is 16.2. The van der Waals surface area contributed by atoms with E-state index in [-0.39, 0.29) is 17.9 Å². The number of hydrogen-bond donors (Lipinski definition) is 1. The van der Waals surface area contributed by atoms with E-state index in [0.717, 1.165) is 24.0 Å². The Balaban J connectivity index is 1.74. The molecule has 0 radical (unpaired) electrons. The first-order valence-electron chi connectivity index (χ1n) is 11.1. The minimum Gasteiger partial charge on any atom is -0.352 e. The van der Waals surface area contributed by atoms with Crippen molar-refractivity contribution in [2.75, 3.05) is 0 Å². The largest absolute Gasteiger partial charge is 0.352 e. The molecule has 1 aliphatic carbocycles. The number of carbonyl (C=O) groups excluding carboxylic acids is 2. The van der Waals surface area contributed by atoms with Gasteiger partial charge in [0.1, 0.15) is 6.04 Å². The molecule has 30 heavy (non-hydrogen) atoms. The van der Waals surface area contributed by atoms with E-state index in [1.54, 1.807) is 4.90 Å². The predicted molar refractivity (Wildman–Crippen MR) is 121 cm³/mol. The highest BCUT2D eigenvalue weighted by Crippen LogP contribution is 2.19. The van der Waals surface area contributed by atoms with E-state index < -0.39 is 6.04 Å². The summed E-state index contributed by atoms with van der Waals surface area (Å²) in [5.41, 5.74) is 4.36. The number of hydrogen-bond acceptors (Lipinski definition) is 2. The highest BCUT2D eigenvalue weighted by molar-refractivity contribution is 5.88. The molecule has 1 aliphatic rings. The van der Waals surface area contributed by atoms with Crippen molar-refractivity contribution < 1.29 is 9.59 Å². The zero-order valence-electron chi connectivity index (χ0n) is 18.5. The van der Waals surface area contributed by atoms with Gasteiger partial charge in [0.05, 0.1) is 6.42 Å². The molecule has 3 rings (SSSR count). The molecule has 4 heteroatoms. The standard InChI is InChI=1S/C26H34N2O2/c1-19-9-13-22(14-10-19)17-25(29)28(18-23-15-11-20(2)12-16-23)21(3)26(30)27-24-7-5-4-6-8-24/h9-16,21,24H,4-8,17-18H2,1-3H3,(H,27,30)/t21-/m1/s1. The molecule has 160 valence electrons. The first-order chi connectivity index (χ1) is 14.4. The summed E-state index contributed by atoms with van der Waals surface area (Å²) in [6.07, 6.45) is 5.95. The monoisotopic (exact) mass is 406 g/mol. The number of nitrogens with one attached hydrogen (secondary N) is 1. The van der Waals surface area contributed by atoms with E-state index in [2.05, 4.69) is 5.32 Å². The second-order valence-corrected chi connectivity index (χ2v) is 8.69. The minimum atomic E-state index is -0.508. The average Bonchev–Trinajstić information content (AvgIpc) is 2.75. The van der Waals surface area contributed by atoms with Gasteiger partial charge in [0, 0.05) is 12.6 Å². The van der Waals surface area contributed by atoms with Crippen LogP contribution >= 0.6 is 0 Å². The van der Waals surface area contributed by atoms with Crippen LogP contribution in [0.15, 0.2) is 48.5 Å². The van der Waals surface area contributed by atoms with Gasteiger partial charge in [-0.05, 0) is 44.7 Å². The third-order valence-electron chi connectivity index (χ3n) is 6.07. The van der Waals surface area contributed by atoms with Gasteiger partial charge >= 0.3 is 0 Å². The van der Waals surface area contributed by atoms with E-state index in [4.69, 9.17) is 0 Å². The summed E-state index contributed by atoms with van der Waals surface area (Å²) in [7, 11) is 0. The summed E-state index contributed by atoms with van der Waals surface area (Å²) < 4.78 is 0. The van der Waals surface area contributed by atoms with Crippen molar-refractivity contribution in [3.63, 3.8) is 0 Å². The summed E-state index contributed by atoms with van der Waals surface area (Å²) >= 11 is 0. The average molecular weight is 407 g/mol. The Hall–Kier alpha value is -2.62. The molecule has 0 aliphatic heterocycles. The fourth-order valence-corrected chi connectivity index (χ4v) is 4.02. The predicted octanol–water partition coefficient (Wildman–Crippen LogP) is 4.71. The van der Waals surface area contributed by atoms with Gasteiger partial charge in [-0.1, -0.05) is 78.9 Å². The highest BCUT2D eigenvalue weighted by Gasteiger charge is 2.28. The van der Waals surface area contributed by atoms with Gasteiger partial charge in [-0.3, -0.25) is 9.59 Å². The minimum absolute atomic E-state index is 0.0225. The van der Waals surface area contributed by atoms with Gasteiger partial charge < -0.3 is 10.2 Å². The van der Waals surface area contributed by atoms with Crippen molar-refractivity contribution >= 4 is 11.8 Å². The van der Waals surface area contributed by atoms with Crippen LogP contribution in [0.25, 0.3) is 0 Å². The normalized spacial score (nSPS) is 15.4. The first-order valence-corrected chi connectivity index (χ1v) is 11.1. The summed E-state index contributed by atoms with van der Waals surface area (Å²) in [5.74, 6) is -0.0722. The number of aryl methyl sites for hydroxylation is 2. The van der Waals surface area contributed by atoms with Crippen molar-refractivity contribution in [3.05, 3.63) is 70.8 Å². The van der Waals surface area contributed by atoms with Gasteiger partial charge in [-0.25, -0.2) is 0 Å². The van der Waals surface area contributed by atoms with Crippen molar-refractivity contribution in [1.82, 2.24) is 10.2 Å². The fraction of sp³-hybridized carbons (Fsp3) is 0.462. The lowest BCUT2D eigenvalue weighted by molar-refractivity contribution is -0.140. The van der Waals surface area contributed by atoms with Crippen LogP contribution in [0.4, 0.5) is 0 Å². The zero-order valence-corrected chi connectivity index (χ0v) is 18.5. The zero-order chi connectivity index (χ0) is 21.5. The molecule has 1 atom stereocenters. The molecule has 0 saturated heterocycles. The Labute approximate surface area is 180 Å². The van der Waals surface area contributed by atoms with Gasteiger partial charge in [0.2, 0.25) is 11.8 Å². The van der Waals surface area contributed by atoms with E-state index in [1.807, 2.05) is 69.3 Å². The number of amides is 2. The van der Waals surface area contributed by atoms with Crippen LogP contribution in [0.3, 0.4) is 0 Å². The Morgan fingerprint density at radius 1 is 0.900 bits per heavy atom. The van der Waals surface area contributed by atoms with Crippen LogP contribution in [-0.4, -0.2) is 28.8 Å². The smallest absolute Gasteiger partial charge is 0.242 e. The lowest BCUT2D eigenvalue weighted by atomic mass is 9.95. The molecular formula is C26H34N2O2. The van der Waals surface area contributed by atoms with Gasteiger partial charge in [-0.15, -0.1) is 0 Å². The summed E-state index contributed by atoms with van der Waals surface area (Å²) in [6.45, 7) is 6.36. The molecule has 0 heterocycles. The molecule has 1 N–H and O–H groups in total. The molecule has 1 fully saturated rings. The Kier molecular flexibility index (Phi) is 7.67. The molecular weight excluding hydrogens is 372 g/mol. The van der Waals surface area contributed by atoms with E-state index >= 15 is 0 Å². The van der Waals surface area contributed by atoms with E-state index in [0.29, 0.717) is 13.0 Å². The molecule has 2 aromatic carbocycles. The van der Waals surface area contributed by atoms with Crippen LogP contribution in [-0.2, 0) is 22.6 Å². The Morgan fingerprint density at radius 3 is 2.00 bits per heavy atom. The second kappa shape index (κ2) is 10.4. The number of rotatable bonds is 7. The Bertz CT molecular complexity index is 836. The van der Waals surface area contributed by atoms with Crippen molar-refractivity contribution in [1.29, 1.82) is 0 Å². The summed E-state index contributed by atoms with van der Waals surface area (Å²) in [6, 6.07) is 15.9. The second-order valence-electron chi connectivity index (χ2n) is 8.69. The third kappa shape index (κ3) is 6.19. The van der Waals surface area contributed by atoms with Gasteiger partial charge in [-0.2, -0.15) is 0 Å². The topological polar surface area (TPSA) is 49.4 Å². The van der Waals surface area contributed by atoms with Crippen LogP contribution in [0, 0.1) is 13.8 Å². The molecule has 2 aromatic rings. The van der Waals surface area contributed by atoms with Crippen molar-refractivity contribution in [2.24, 2.45) is 0 Å². The molecule has 0 bridgehead atoms. The number of benzene rings is 2. The fourth-order valence-electron chi connectivity index (χ4n) is 4.02. The van der Waals surface area contributed by atoms with Gasteiger partial charge in [0.15, 0.2) is 0 Å². The molecule has 0 aromatic heterocycles. The maximum absolute atomic E-state index is 13.3. The van der Waals surface area contributed by atoms with Crippen LogP contribution < -0.4 is 5.32 Å². The van der Waals surface area contributed by atoms with E-state index in [9.17, 15) is 9.59 Å². The molecule has 0 unspecified atom stereocenters.